The van der Waals surface area contributed by atoms with Crippen molar-refractivity contribution in [2.75, 3.05) is 0 Å². The van der Waals surface area contributed by atoms with Crippen molar-refractivity contribution >= 4 is 5.97 Å². The third-order valence-corrected chi connectivity index (χ3v) is 1.72. The highest BCUT2D eigenvalue weighted by molar-refractivity contribution is 5.69. The Kier molecular flexibility index (Phi) is 4.10. The summed E-state index contributed by atoms with van der Waals surface area (Å²) in [5, 5.41) is 25.4. The van der Waals surface area contributed by atoms with Crippen LogP contribution < -0.4 is 0 Å². The second-order valence-corrected chi connectivity index (χ2v) is 2.99. The number of nitriles is 2. The molecular weight excluding hydrogens is 213 g/mol. The van der Waals surface area contributed by atoms with Gasteiger partial charge in [-0.3, -0.25) is 4.79 Å². The number of rotatable bonds is 4. The summed E-state index contributed by atoms with van der Waals surface area (Å²) in [5.41, 5.74) is -2.10. The molecule has 0 fully saturated rings. The second kappa shape index (κ2) is 4.65. The summed E-state index contributed by atoms with van der Waals surface area (Å²) in [6.45, 7) is 0. The number of carbonyl (C=O) groups is 1. The summed E-state index contributed by atoms with van der Waals surface area (Å²) >= 11 is 0. The van der Waals surface area contributed by atoms with Gasteiger partial charge in [-0.2, -0.15) is 23.7 Å². The minimum atomic E-state index is -4.50. The molecule has 7 heteroatoms. The highest BCUT2D eigenvalue weighted by Crippen LogP contribution is 2.32. The predicted molar refractivity (Wildman–Crippen MR) is 41.2 cm³/mol. The largest absolute Gasteiger partial charge is 0.481 e. The van der Waals surface area contributed by atoms with Gasteiger partial charge < -0.3 is 5.11 Å². The number of carboxylic acids is 1. The molecule has 0 aromatic carbocycles. The lowest BCUT2D eigenvalue weighted by Gasteiger charge is -2.16. The van der Waals surface area contributed by atoms with Gasteiger partial charge >= 0.3 is 12.1 Å². The molecule has 0 aromatic rings. The van der Waals surface area contributed by atoms with Crippen molar-refractivity contribution in [1.82, 2.24) is 0 Å². The number of alkyl halides is 3. The molecule has 0 aromatic heterocycles. The first kappa shape index (κ1) is 13.2. The highest BCUT2D eigenvalue weighted by atomic mass is 19.4. The number of nitrogens with zero attached hydrogens (tertiary/aromatic N) is 2. The summed E-state index contributed by atoms with van der Waals surface area (Å²) in [5.74, 6) is -1.47. The fourth-order valence-electron chi connectivity index (χ4n) is 0.918. The van der Waals surface area contributed by atoms with Crippen molar-refractivity contribution in [3.05, 3.63) is 0 Å². The van der Waals surface area contributed by atoms with Gasteiger partial charge in [-0.05, 0) is 6.42 Å². The maximum atomic E-state index is 11.8. The van der Waals surface area contributed by atoms with E-state index in [1.54, 1.807) is 0 Å². The van der Waals surface area contributed by atoms with Gasteiger partial charge in [-0.1, -0.05) is 0 Å². The molecule has 0 aliphatic carbocycles. The van der Waals surface area contributed by atoms with Crippen LogP contribution in [-0.4, -0.2) is 17.3 Å². The Morgan fingerprint density at radius 1 is 1.20 bits per heavy atom. The summed E-state index contributed by atoms with van der Waals surface area (Å²) in [4.78, 5) is 10.3. The van der Waals surface area contributed by atoms with Crippen LogP contribution in [0, 0.1) is 28.1 Å². The maximum Gasteiger partial charge on any atom is 0.389 e. The average molecular weight is 220 g/mol. The molecule has 0 atom stereocenters. The third-order valence-electron chi connectivity index (χ3n) is 1.72. The van der Waals surface area contributed by atoms with Crippen LogP contribution in [-0.2, 0) is 4.79 Å². The van der Waals surface area contributed by atoms with Gasteiger partial charge in [0, 0.05) is 6.42 Å². The fourth-order valence-corrected chi connectivity index (χ4v) is 0.918. The molecule has 1 N–H and O–H groups in total. The van der Waals surface area contributed by atoms with Crippen molar-refractivity contribution in [2.45, 2.75) is 25.4 Å². The fraction of sp³-hybridized carbons (Fsp3) is 0.625. The molecular formula is C8H7F3N2O2. The van der Waals surface area contributed by atoms with Gasteiger partial charge in [0.25, 0.3) is 0 Å². The van der Waals surface area contributed by atoms with Crippen LogP contribution in [0.15, 0.2) is 0 Å². The quantitative estimate of drug-likeness (QED) is 0.783. The highest BCUT2D eigenvalue weighted by Gasteiger charge is 2.38. The smallest absolute Gasteiger partial charge is 0.389 e. The van der Waals surface area contributed by atoms with Gasteiger partial charge in [0.2, 0.25) is 0 Å². The Morgan fingerprint density at radius 3 is 1.93 bits per heavy atom. The molecule has 4 nitrogen and oxygen atoms in total. The van der Waals surface area contributed by atoms with Crippen molar-refractivity contribution in [2.24, 2.45) is 5.41 Å². The van der Waals surface area contributed by atoms with Crippen molar-refractivity contribution < 1.29 is 23.1 Å². The van der Waals surface area contributed by atoms with Gasteiger partial charge in [-0.25, -0.2) is 0 Å². The SMILES string of the molecule is N#CC(C#N)(CCC(F)(F)F)CC(=O)O. The molecule has 0 bridgehead atoms. The molecule has 0 amide bonds. The first-order valence-corrected chi connectivity index (χ1v) is 3.86. The van der Waals surface area contributed by atoms with E-state index in [9.17, 15) is 18.0 Å². The summed E-state index contributed by atoms with van der Waals surface area (Å²) in [6, 6.07) is 2.65. The predicted octanol–water partition coefficient (Wildman–Crippen LogP) is 1.84. The van der Waals surface area contributed by atoms with E-state index < -0.39 is 36.8 Å². The lowest BCUT2D eigenvalue weighted by atomic mass is 9.83. The first-order chi connectivity index (χ1) is 6.74. The van der Waals surface area contributed by atoms with Gasteiger partial charge in [0.15, 0.2) is 5.41 Å². The van der Waals surface area contributed by atoms with Crippen LogP contribution in [0.25, 0.3) is 0 Å². The Labute approximate surface area is 83.5 Å². The Bertz CT molecular complexity index is 310. The zero-order valence-electron chi connectivity index (χ0n) is 7.51. The van der Waals surface area contributed by atoms with E-state index in [0.717, 1.165) is 0 Å². The number of halogens is 3. The Morgan fingerprint density at radius 2 is 1.67 bits per heavy atom. The molecule has 0 saturated carbocycles. The molecule has 0 unspecified atom stereocenters. The maximum absolute atomic E-state index is 11.8. The van der Waals surface area contributed by atoms with E-state index in [0.29, 0.717) is 0 Å². The third kappa shape index (κ3) is 4.87. The van der Waals surface area contributed by atoms with Gasteiger partial charge in [0.1, 0.15) is 0 Å². The van der Waals surface area contributed by atoms with Crippen molar-refractivity contribution in [3.8, 4) is 12.1 Å². The minimum absolute atomic E-state index is 0.824. The monoisotopic (exact) mass is 220 g/mol. The molecule has 0 rings (SSSR count). The zero-order chi connectivity index (χ0) is 12.1. The lowest BCUT2D eigenvalue weighted by molar-refractivity contribution is -0.144. The standard InChI is InChI=1S/C8H7F3N2O2/c9-8(10,11)2-1-7(4-12,5-13)3-6(14)15/h1-3H2,(H,14,15). The molecule has 15 heavy (non-hydrogen) atoms. The van der Waals surface area contributed by atoms with E-state index >= 15 is 0 Å². The topological polar surface area (TPSA) is 84.9 Å². The Balaban J connectivity index is 4.63. The van der Waals surface area contributed by atoms with Crippen LogP contribution >= 0.6 is 0 Å². The van der Waals surface area contributed by atoms with E-state index in [2.05, 4.69) is 0 Å². The van der Waals surface area contributed by atoms with E-state index in [-0.39, 0.29) is 0 Å². The van der Waals surface area contributed by atoms with Gasteiger partial charge in [0.05, 0.1) is 18.6 Å². The molecule has 0 heterocycles. The number of aliphatic carboxylic acids is 1. The summed E-state index contributed by atoms with van der Waals surface area (Å²) in [7, 11) is 0. The van der Waals surface area contributed by atoms with Crippen molar-refractivity contribution in [3.63, 3.8) is 0 Å². The molecule has 0 aliphatic heterocycles. The summed E-state index contributed by atoms with van der Waals surface area (Å²) in [6.07, 6.45) is -7.58. The van der Waals surface area contributed by atoms with E-state index in [4.69, 9.17) is 15.6 Å². The summed E-state index contributed by atoms with van der Waals surface area (Å²) < 4.78 is 35.5. The number of hydrogen-bond acceptors (Lipinski definition) is 3. The lowest BCUT2D eigenvalue weighted by Crippen LogP contribution is -2.23. The van der Waals surface area contributed by atoms with Crippen LogP contribution in [0.4, 0.5) is 13.2 Å². The Hall–Kier alpha value is -1.76. The van der Waals surface area contributed by atoms with Crippen LogP contribution in [0.5, 0.6) is 0 Å². The molecule has 82 valence electrons. The van der Waals surface area contributed by atoms with Crippen LogP contribution in [0.2, 0.25) is 0 Å². The van der Waals surface area contributed by atoms with Gasteiger partial charge in [-0.15, -0.1) is 0 Å². The van der Waals surface area contributed by atoms with E-state index in [1.807, 2.05) is 0 Å². The molecule has 0 radical (unpaired) electrons. The molecule has 0 saturated heterocycles. The van der Waals surface area contributed by atoms with E-state index in [1.165, 1.54) is 12.1 Å². The first-order valence-electron chi connectivity index (χ1n) is 3.86. The molecule has 0 aliphatic rings. The normalized spacial score (nSPS) is 11.5. The van der Waals surface area contributed by atoms with Crippen molar-refractivity contribution in [1.29, 1.82) is 10.5 Å². The number of hydrogen-bond donors (Lipinski definition) is 1. The number of carboxylic acid groups (broad SMARTS) is 1. The molecule has 0 spiro atoms. The minimum Gasteiger partial charge on any atom is -0.481 e. The zero-order valence-corrected chi connectivity index (χ0v) is 7.51. The van der Waals surface area contributed by atoms with Crippen LogP contribution in [0.1, 0.15) is 19.3 Å². The van der Waals surface area contributed by atoms with Crippen LogP contribution in [0.3, 0.4) is 0 Å². The average Bonchev–Trinajstić information content (AvgIpc) is 2.10. The second-order valence-electron chi connectivity index (χ2n) is 2.99.